The van der Waals surface area contributed by atoms with Gasteiger partial charge in [-0.3, -0.25) is 0 Å². The van der Waals surface area contributed by atoms with Crippen molar-refractivity contribution in [3.05, 3.63) is 0 Å². The van der Waals surface area contributed by atoms with Crippen molar-refractivity contribution < 1.29 is 23.4 Å². The molecule has 0 aliphatic heterocycles. The topological polar surface area (TPSA) is 66.8 Å². The maximum Gasteiger partial charge on any atom is 0.474 e. The lowest BCUT2D eigenvalue weighted by molar-refractivity contribution is -0.931. The van der Waals surface area contributed by atoms with Crippen LogP contribution in [0.25, 0.3) is 0 Å². The smallest absolute Gasteiger partial charge is 0.303 e. The third kappa shape index (κ3) is 14.4. The number of phosphoric acid groups is 1. The number of nitrogens with zero attached hydrogens (tertiary/aromatic N) is 1. The molecule has 2 N–H and O–H groups in total. The molecule has 1 unspecified atom stereocenters. The molecule has 146 valence electrons. The van der Waals surface area contributed by atoms with Crippen molar-refractivity contribution in [1.29, 1.82) is 0 Å². The Kier molecular flexibility index (Phi) is 13.3. The highest BCUT2D eigenvalue weighted by Crippen LogP contribution is 2.39. The zero-order valence-corrected chi connectivity index (χ0v) is 17.3. The Morgan fingerprint density at radius 2 is 1.21 bits per heavy atom. The normalized spacial score (nSPS) is 14.1. The van der Waals surface area contributed by atoms with Crippen LogP contribution in [-0.4, -0.2) is 41.1 Å². The van der Waals surface area contributed by atoms with Gasteiger partial charge >= 0.3 is 7.82 Å². The number of quaternary nitrogens is 1. The Bertz CT molecular complexity index is 344. The molecule has 0 amide bonds. The van der Waals surface area contributed by atoms with E-state index >= 15 is 0 Å². The molecule has 24 heavy (non-hydrogen) atoms. The van der Waals surface area contributed by atoms with Gasteiger partial charge in [0.05, 0.1) is 20.6 Å². The summed E-state index contributed by atoms with van der Waals surface area (Å²) < 4.78 is 16.2. The Morgan fingerprint density at radius 3 is 1.58 bits per heavy atom. The summed E-state index contributed by atoms with van der Waals surface area (Å²) in [5.41, 5.74) is 0. The molecule has 0 aliphatic rings. The van der Waals surface area contributed by atoms with Crippen LogP contribution in [0.5, 0.6) is 0 Å². The van der Waals surface area contributed by atoms with Gasteiger partial charge in [0.25, 0.3) is 0 Å². The highest BCUT2D eigenvalue weighted by atomic mass is 31.2. The SMILES string of the molecule is CCCCCCCCCCCCCC[N+](C)(C)C(C)OP(=O)(O)O. The van der Waals surface area contributed by atoms with Crippen LogP contribution in [0.3, 0.4) is 0 Å². The largest absolute Gasteiger partial charge is 0.474 e. The first kappa shape index (κ1) is 24.1. The van der Waals surface area contributed by atoms with Gasteiger partial charge in [-0.15, -0.1) is 0 Å². The fourth-order valence-electron chi connectivity index (χ4n) is 2.87. The maximum atomic E-state index is 10.9. The second-order valence-corrected chi connectivity index (χ2v) is 8.78. The summed E-state index contributed by atoms with van der Waals surface area (Å²) in [5.74, 6) is 0. The number of rotatable bonds is 16. The van der Waals surface area contributed by atoms with Crippen LogP contribution < -0.4 is 0 Å². The molecule has 0 radical (unpaired) electrons. The van der Waals surface area contributed by atoms with Crippen LogP contribution in [0, 0.1) is 0 Å². The molecule has 0 fully saturated rings. The minimum absolute atomic E-state index is 0.475. The minimum atomic E-state index is -4.40. The summed E-state index contributed by atoms with van der Waals surface area (Å²) in [6.45, 7) is 4.85. The van der Waals surface area contributed by atoms with E-state index < -0.39 is 14.1 Å². The molecule has 0 aromatic rings. The molecule has 0 spiro atoms. The van der Waals surface area contributed by atoms with Crippen LogP contribution >= 0.6 is 7.82 Å². The molecular weight excluding hydrogens is 325 g/mol. The molecule has 0 saturated heterocycles. The molecule has 0 aromatic heterocycles. The maximum absolute atomic E-state index is 10.9. The molecular formula is C18H41NO4P+. The molecule has 0 bridgehead atoms. The first-order valence-electron chi connectivity index (χ1n) is 9.75. The van der Waals surface area contributed by atoms with Gasteiger partial charge in [0, 0.05) is 6.92 Å². The van der Waals surface area contributed by atoms with E-state index in [1.165, 1.54) is 70.6 Å². The highest BCUT2D eigenvalue weighted by Gasteiger charge is 2.30. The lowest BCUT2D eigenvalue weighted by Crippen LogP contribution is -2.48. The van der Waals surface area contributed by atoms with E-state index in [0.29, 0.717) is 4.48 Å². The van der Waals surface area contributed by atoms with Gasteiger partial charge in [0.15, 0.2) is 0 Å². The molecule has 6 heteroatoms. The predicted molar refractivity (Wildman–Crippen MR) is 101 cm³/mol. The van der Waals surface area contributed by atoms with Crippen LogP contribution in [-0.2, 0) is 9.09 Å². The number of hydrogen-bond acceptors (Lipinski definition) is 2. The first-order valence-corrected chi connectivity index (χ1v) is 11.3. The van der Waals surface area contributed by atoms with E-state index in [2.05, 4.69) is 6.92 Å². The van der Waals surface area contributed by atoms with Gasteiger partial charge in [-0.05, 0) is 12.8 Å². The minimum Gasteiger partial charge on any atom is -0.303 e. The summed E-state index contributed by atoms with van der Waals surface area (Å²) >= 11 is 0. The number of unbranched alkanes of at least 4 members (excludes halogenated alkanes) is 11. The van der Waals surface area contributed by atoms with Gasteiger partial charge in [-0.25, -0.2) is 9.09 Å². The molecule has 0 saturated carbocycles. The van der Waals surface area contributed by atoms with Crippen molar-refractivity contribution in [1.82, 2.24) is 0 Å². The van der Waals surface area contributed by atoms with Crippen molar-refractivity contribution in [2.45, 2.75) is 97.1 Å². The van der Waals surface area contributed by atoms with Gasteiger partial charge in [0.2, 0.25) is 6.23 Å². The van der Waals surface area contributed by atoms with E-state index in [-0.39, 0.29) is 0 Å². The van der Waals surface area contributed by atoms with E-state index in [9.17, 15) is 4.57 Å². The van der Waals surface area contributed by atoms with Crippen LogP contribution in [0.2, 0.25) is 0 Å². The van der Waals surface area contributed by atoms with Gasteiger partial charge in [0.1, 0.15) is 0 Å². The summed E-state index contributed by atoms with van der Waals surface area (Å²) in [4.78, 5) is 17.8. The van der Waals surface area contributed by atoms with E-state index in [4.69, 9.17) is 14.3 Å². The fraction of sp³-hybridized carbons (Fsp3) is 1.00. The Morgan fingerprint density at radius 1 is 0.833 bits per heavy atom. The Hall–Kier alpha value is 0.0700. The predicted octanol–water partition coefficient (Wildman–Crippen LogP) is 5.22. The van der Waals surface area contributed by atoms with Crippen molar-refractivity contribution in [2.75, 3.05) is 20.6 Å². The van der Waals surface area contributed by atoms with Crippen molar-refractivity contribution in [2.24, 2.45) is 0 Å². The molecule has 0 rings (SSSR count). The monoisotopic (exact) mass is 366 g/mol. The van der Waals surface area contributed by atoms with E-state index in [1.54, 1.807) is 6.92 Å². The third-order valence-corrected chi connectivity index (χ3v) is 5.44. The van der Waals surface area contributed by atoms with E-state index in [0.717, 1.165) is 13.0 Å². The zero-order chi connectivity index (χ0) is 18.5. The second kappa shape index (κ2) is 13.3. The lowest BCUT2D eigenvalue weighted by Gasteiger charge is -2.35. The quantitative estimate of drug-likeness (QED) is 0.170. The van der Waals surface area contributed by atoms with E-state index in [1.807, 2.05) is 14.1 Å². The second-order valence-electron chi connectivity index (χ2n) is 7.59. The van der Waals surface area contributed by atoms with Crippen LogP contribution in [0.4, 0.5) is 0 Å². The van der Waals surface area contributed by atoms with Crippen LogP contribution in [0.15, 0.2) is 0 Å². The van der Waals surface area contributed by atoms with Crippen molar-refractivity contribution >= 4 is 7.82 Å². The third-order valence-electron chi connectivity index (χ3n) is 4.86. The zero-order valence-electron chi connectivity index (χ0n) is 16.4. The molecule has 0 aromatic carbocycles. The number of phosphoric ester groups is 1. The average molecular weight is 367 g/mol. The summed E-state index contributed by atoms with van der Waals surface area (Å²) in [6, 6.07) is 0. The van der Waals surface area contributed by atoms with Crippen LogP contribution in [0.1, 0.15) is 90.9 Å². The molecule has 0 heterocycles. The molecule has 5 nitrogen and oxygen atoms in total. The lowest BCUT2D eigenvalue weighted by atomic mass is 10.1. The Labute approximate surface area is 149 Å². The van der Waals surface area contributed by atoms with Gasteiger partial charge in [-0.2, -0.15) is 0 Å². The van der Waals surface area contributed by atoms with Crippen molar-refractivity contribution in [3.63, 3.8) is 0 Å². The molecule has 1 atom stereocenters. The van der Waals surface area contributed by atoms with Gasteiger partial charge < -0.3 is 14.3 Å². The summed E-state index contributed by atoms with van der Waals surface area (Å²) in [5, 5.41) is 0. The average Bonchev–Trinajstić information content (AvgIpc) is 2.46. The first-order chi connectivity index (χ1) is 11.2. The standard InChI is InChI=1S/C18H40NO4P/c1-5-6-7-8-9-10-11-12-13-14-15-16-17-19(3,4)18(2)23-24(20,21)22/h18H,5-17H2,1-4H3,(H-,20,21,22)/p+1. The number of hydrogen-bond donors (Lipinski definition) is 2. The van der Waals surface area contributed by atoms with Crippen molar-refractivity contribution in [3.8, 4) is 0 Å². The molecule has 0 aliphatic carbocycles. The fourth-order valence-corrected chi connectivity index (χ4v) is 3.52. The van der Waals surface area contributed by atoms with Gasteiger partial charge in [-0.1, -0.05) is 71.1 Å². The summed E-state index contributed by atoms with van der Waals surface area (Å²) in [6.07, 6.45) is 15.3. The highest BCUT2D eigenvalue weighted by molar-refractivity contribution is 7.46. The summed E-state index contributed by atoms with van der Waals surface area (Å²) in [7, 11) is -0.489. The Balaban J connectivity index is 3.53.